The van der Waals surface area contributed by atoms with Gasteiger partial charge in [0.2, 0.25) is 5.91 Å². The molecule has 0 aliphatic carbocycles. The van der Waals surface area contributed by atoms with Crippen molar-refractivity contribution in [3.8, 4) is 5.75 Å². The van der Waals surface area contributed by atoms with Crippen LogP contribution in [0.3, 0.4) is 0 Å². The number of nitrogens with one attached hydrogen (secondary N) is 2. The molecule has 0 unspecified atom stereocenters. The largest absolute Gasteiger partial charge is 0.481 e. The zero-order chi connectivity index (χ0) is 20.1. The monoisotopic (exact) mass is 405 g/mol. The number of halogens is 3. The summed E-state index contributed by atoms with van der Waals surface area (Å²) in [6, 6.07) is 9.68. The van der Waals surface area contributed by atoms with E-state index >= 15 is 0 Å². The quantitative estimate of drug-likeness (QED) is 0.659. The van der Waals surface area contributed by atoms with Crippen molar-refractivity contribution in [1.29, 1.82) is 0 Å². The Morgan fingerprint density at radius 3 is 2.68 bits per heavy atom. The van der Waals surface area contributed by atoms with E-state index < -0.39 is 23.4 Å². The summed E-state index contributed by atoms with van der Waals surface area (Å²) >= 11 is 6.10. The second kappa shape index (κ2) is 8.62. The van der Waals surface area contributed by atoms with Crippen LogP contribution < -0.4 is 15.4 Å². The maximum Gasteiger partial charge on any atom is 0.258 e. The molecule has 0 saturated carbocycles. The van der Waals surface area contributed by atoms with Crippen molar-refractivity contribution in [1.82, 2.24) is 10.3 Å². The maximum absolute atomic E-state index is 13.1. The molecule has 0 fully saturated rings. The number of aromatic nitrogens is 1. The van der Waals surface area contributed by atoms with E-state index in [0.29, 0.717) is 21.7 Å². The minimum atomic E-state index is -1.08. The topological polar surface area (TPSA) is 80.3 Å². The highest BCUT2D eigenvalue weighted by atomic mass is 35.5. The smallest absolute Gasteiger partial charge is 0.258 e. The van der Waals surface area contributed by atoms with Gasteiger partial charge in [-0.25, -0.2) is 8.78 Å². The molecular formula is C19H14ClF2N3O3. The first-order chi connectivity index (χ1) is 13.4. The molecule has 2 aromatic carbocycles. The van der Waals surface area contributed by atoms with Crippen molar-refractivity contribution in [2.75, 3.05) is 18.5 Å². The molecule has 3 rings (SSSR count). The van der Waals surface area contributed by atoms with Crippen LogP contribution in [0.2, 0.25) is 5.02 Å². The Morgan fingerprint density at radius 2 is 1.89 bits per heavy atom. The van der Waals surface area contributed by atoms with Crippen LogP contribution in [-0.4, -0.2) is 29.9 Å². The number of pyridine rings is 1. The molecule has 3 aromatic rings. The fraction of sp³-hybridized carbons (Fsp3) is 0.105. The van der Waals surface area contributed by atoms with Crippen molar-refractivity contribution in [3.05, 3.63) is 65.3 Å². The molecule has 1 heterocycles. The normalized spacial score (nSPS) is 10.5. The van der Waals surface area contributed by atoms with E-state index in [9.17, 15) is 18.4 Å². The Morgan fingerprint density at radius 1 is 1.07 bits per heavy atom. The van der Waals surface area contributed by atoms with E-state index in [-0.39, 0.29) is 18.8 Å². The number of hydrogen-bond acceptors (Lipinski definition) is 4. The molecule has 0 saturated heterocycles. The van der Waals surface area contributed by atoms with Gasteiger partial charge in [0.1, 0.15) is 11.3 Å². The van der Waals surface area contributed by atoms with Gasteiger partial charge < -0.3 is 15.4 Å². The Bertz CT molecular complexity index is 1050. The highest BCUT2D eigenvalue weighted by Gasteiger charge is 2.11. The Hall–Kier alpha value is -3.26. The predicted molar refractivity (Wildman–Crippen MR) is 100 cm³/mol. The van der Waals surface area contributed by atoms with Crippen LogP contribution >= 0.6 is 11.6 Å². The van der Waals surface area contributed by atoms with E-state index in [1.807, 2.05) is 0 Å². The van der Waals surface area contributed by atoms with Gasteiger partial charge in [-0.3, -0.25) is 14.6 Å². The van der Waals surface area contributed by atoms with Gasteiger partial charge in [0, 0.05) is 23.3 Å². The van der Waals surface area contributed by atoms with Gasteiger partial charge in [0.25, 0.3) is 5.91 Å². The van der Waals surface area contributed by atoms with Crippen molar-refractivity contribution in [3.63, 3.8) is 0 Å². The number of anilines is 1. The molecule has 1 aromatic heterocycles. The van der Waals surface area contributed by atoms with Gasteiger partial charge in [-0.2, -0.15) is 0 Å². The third-order valence-corrected chi connectivity index (χ3v) is 4.02. The van der Waals surface area contributed by atoms with E-state index in [0.717, 1.165) is 12.1 Å². The van der Waals surface area contributed by atoms with Crippen LogP contribution in [0.1, 0.15) is 0 Å². The lowest BCUT2D eigenvalue weighted by Crippen LogP contribution is -2.35. The molecule has 2 amide bonds. The van der Waals surface area contributed by atoms with Gasteiger partial charge in [-0.1, -0.05) is 11.6 Å². The summed E-state index contributed by atoms with van der Waals surface area (Å²) in [5.74, 6) is -2.87. The highest BCUT2D eigenvalue weighted by molar-refractivity contribution is 6.35. The third-order valence-electron chi connectivity index (χ3n) is 3.69. The number of amides is 2. The summed E-state index contributed by atoms with van der Waals surface area (Å²) in [7, 11) is 0. The number of nitrogens with zero attached hydrogens (tertiary/aromatic N) is 1. The molecule has 2 N–H and O–H groups in total. The van der Waals surface area contributed by atoms with Gasteiger partial charge in [-0.15, -0.1) is 0 Å². The number of carbonyl (C=O) groups excluding carboxylic acids is 2. The standard InChI is InChI=1S/C19H14ClF2N3O3/c20-13-4-6-16(19-12(13)2-1-7-23-19)28-10-18(27)24-9-17(26)25-11-3-5-14(21)15(22)8-11/h1-8H,9-10H2,(H,24,27)(H,25,26). The molecule has 0 aliphatic rings. The molecular weight excluding hydrogens is 392 g/mol. The van der Waals surface area contributed by atoms with Crippen LogP contribution in [-0.2, 0) is 9.59 Å². The molecule has 0 radical (unpaired) electrons. The minimum Gasteiger partial charge on any atom is -0.481 e. The van der Waals surface area contributed by atoms with E-state index in [1.165, 1.54) is 6.07 Å². The van der Waals surface area contributed by atoms with Gasteiger partial charge in [-0.05, 0) is 36.4 Å². The number of benzene rings is 2. The van der Waals surface area contributed by atoms with Crippen molar-refractivity contribution < 1.29 is 23.1 Å². The lowest BCUT2D eigenvalue weighted by atomic mass is 10.2. The molecule has 9 heteroatoms. The summed E-state index contributed by atoms with van der Waals surface area (Å²) < 4.78 is 31.4. The summed E-state index contributed by atoms with van der Waals surface area (Å²) in [6.45, 7) is -0.702. The Balaban J connectivity index is 1.51. The van der Waals surface area contributed by atoms with Crippen molar-refractivity contribution in [2.45, 2.75) is 0 Å². The summed E-state index contributed by atoms with van der Waals surface area (Å²) in [6.07, 6.45) is 1.58. The highest BCUT2D eigenvalue weighted by Crippen LogP contribution is 2.29. The third kappa shape index (κ3) is 4.72. The average Bonchev–Trinajstić information content (AvgIpc) is 2.69. The number of rotatable bonds is 6. The zero-order valence-corrected chi connectivity index (χ0v) is 15.1. The van der Waals surface area contributed by atoms with Crippen molar-refractivity contribution >= 4 is 40.0 Å². The fourth-order valence-electron chi connectivity index (χ4n) is 2.38. The zero-order valence-electron chi connectivity index (χ0n) is 14.3. The Labute approximate surface area is 163 Å². The van der Waals surface area contributed by atoms with Gasteiger partial charge in [0.05, 0.1) is 11.6 Å². The molecule has 6 nitrogen and oxygen atoms in total. The Kier molecular flexibility index (Phi) is 6.00. The second-order valence-electron chi connectivity index (χ2n) is 5.69. The number of fused-ring (bicyclic) bond motifs is 1. The molecule has 0 bridgehead atoms. The van der Waals surface area contributed by atoms with Gasteiger partial charge in [0.15, 0.2) is 18.2 Å². The SMILES string of the molecule is O=C(COc1ccc(Cl)c2cccnc12)NCC(=O)Nc1ccc(F)c(F)c1. The van der Waals surface area contributed by atoms with E-state index in [1.54, 1.807) is 30.5 Å². The van der Waals surface area contributed by atoms with Crippen LogP contribution in [0.5, 0.6) is 5.75 Å². The first-order valence-electron chi connectivity index (χ1n) is 8.11. The van der Waals surface area contributed by atoms with E-state index in [4.69, 9.17) is 16.3 Å². The number of hydrogen-bond donors (Lipinski definition) is 2. The van der Waals surface area contributed by atoms with Crippen molar-refractivity contribution in [2.24, 2.45) is 0 Å². The van der Waals surface area contributed by atoms with E-state index in [2.05, 4.69) is 15.6 Å². The molecule has 0 spiro atoms. The maximum atomic E-state index is 13.1. The fourth-order valence-corrected chi connectivity index (χ4v) is 2.60. The van der Waals surface area contributed by atoms with Crippen LogP contribution in [0.15, 0.2) is 48.7 Å². The molecule has 0 aliphatic heterocycles. The summed E-state index contributed by atoms with van der Waals surface area (Å²) in [5.41, 5.74) is 0.590. The summed E-state index contributed by atoms with van der Waals surface area (Å²) in [4.78, 5) is 27.9. The summed E-state index contributed by atoms with van der Waals surface area (Å²) in [5, 5.41) is 5.91. The number of ether oxygens (including phenoxy) is 1. The molecule has 0 atom stereocenters. The second-order valence-corrected chi connectivity index (χ2v) is 6.09. The van der Waals surface area contributed by atoms with Crippen LogP contribution in [0.25, 0.3) is 10.9 Å². The predicted octanol–water partition coefficient (Wildman–Crippen LogP) is 3.30. The molecule has 144 valence electrons. The molecule has 28 heavy (non-hydrogen) atoms. The first kappa shape index (κ1) is 19.5. The van der Waals surface area contributed by atoms with Gasteiger partial charge >= 0.3 is 0 Å². The number of carbonyl (C=O) groups is 2. The lowest BCUT2D eigenvalue weighted by Gasteiger charge is -2.10. The average molecular weight is 406 g/mol. The van der Waals surface area contributed by atoms with Crippen LogP contribution in [0.4, 0.5) is 14.5 Å². The minimum absolute atomic E-state index is 0.0770. The first-order valence-corrected chi connectivity index (χ1v) is 8.49. The van der Waals surface area contributed by atoms with Crippen LogP contribution in [0, 0.1) is 11.6 Å². The lowest BCUT2D eigenvalue weighted by molar-refractivity contribution is -0.125.